The van der Waals surface area contributed by atoms with Gasteiger partial charge in [-0.2, -0.15) is 0 Å². The Bertz CT molecular complexity index is 301. The first-order valence-electron chi connectivity index (χ1n) is 6.21. The average molecular weight is 238 g/mol. The fraction of sp³-hybridized carbons (Fsp3) is 0.615. The van der Waals surface area contributed by atoms with Crippen LogP contribution >= 0.6 is 0 Å². The van der Waals surface area contributed by atoms with Gasteiger partial charge in [0.05, 0.1) is 6.61 Å². The Morgan fingerprint density at radius 1 is 1.47 bits per heavy atom. The summed E-state index contributed by atoms with van der Waals surface area (Å²) in [6.45, 7) is 5.94. The Labute approximate surface area is 103 Å². The van der Waals surface area contributed by atoms with Gasteiger partial charge in [-0.1, -0.05) is 13.0 Å². The fourth-order valence-corrected chi connectivity index (χ4v) is 1.45. The van der Waals surface area contributed by atoms with Crippen LogP contribution in [0.5, 0.6) is 5.88 Å². The lowest BCUT2D eigenvalue weighted by atomic mass is 10.1. The zero-order chi connectivity index (χ0) is 12.5. The Morgan fingerprint density at radius 2 is 2.29 bits per heavy atom. The monoisotopic (exact) mass is 238 g/mol. The summed E-state index contributed by atoms with van der Waals surface area (Å²) in [6, 6.07) is 4.21. The molecule has 1 heterocycles. The molecule has 4 nitrogen and oxygen atoms in total. The largest absolute Gasteiger partial charge is 0.478 e. The maximum absolute atomic E-state index is 8.63. The molecule has 2 N–H and O–H groups in total. The molecule has 0 aliphatic heterocycles. The van der Waals surface area contributed by atoms with E-state index >= 15 is 0 Å². The van der Waals surface area contributed by atoms with Crippen LogP contribution in [0.4, 0.5) is 0 Å². The van der Waals surface area contributed by atoms with Crippen molar-refractivity contribution in [1.82, 2.24) is 10.3 Å². The van der Waals surface area contributed by atoms with Gasteiger partial charge in [-0.05, 0) is 25.5 Å². The van der Waals surface area contributed by atoms with E-state index in [1.807, 2.05) is 18.3 Å². The molecular formula is C13H22N2O2. The van der Waals surface area contributed by atoms with Gasteiger partial charge in [-0.15, -0.1) is 0 Å². The second-order valence-corrected chi connectivity index (χ2v) is 4.03. The Kier molecular flexibility index (Phi) is 6.58. The molecule has 0 aliphatic rings. The van der Waals surface area contributed by atoms with Gasteiger partial charge in [-0.3, -0.25) is 0 Å². The smallest absolute Gasteiger partial charge is 0.213 e. The van der Waals surface area contributed by atoms with E-state index in [9.17, 15) is 0 Å². The summed E-state index contributed by atoms with van der Waals surface area (Å²) >= 11 is 0. The molecule has 4 heteroatoms. The van der Waals surface area contributed by atoms with Crippen LogP contribution in [-0.2, 0) is 0 Å². The van der Waals surface area contributed by atoms with Crippen molar-refractivity contribution in [2.24, 2.45) is 0 Å². The molecule has 96 valence electrons. The third-order valence-corrected chi connectivity index (χ3v) is 2.51. The molecular weight excluding hydrogens is 216 g/mol. The Morgan fingerprint density at radius 3 is 2.88 bits per heavy atom. The lowest BCUT2D eigenvalue weighted by molar-refractivity contribution is 0.229. The highest BCUT2D eigenvalue weighted by Crippen LogP contribution is 2.14. The Balaban J connectivity index is 2.43. The number of aromatic nitrogens is 1. The molecule has 0 aliphatic carbocycles. The summed E-state index contributed by atoms with van der Waals surface area (Å²) in [5, 5.41) is 12.0. The standard InChI is InChI=1S/C13H22N2O2/c1-3-7-14-11(2)12-5-6-13(15-10-12)17-9-4-8-16/h5-6,10-11,14,16H,3-4,7-9H2,1-2H3. The van der Waals surface area contributed by atoms with Gasteiger partial charge >= 0.3 is 0 Å². The second-order valence-electron chi connectivity index (χ2n) is 4.03. The number of hydrogen-bond acceptors (Lipinski definition) is 4. The predicted molar refractivity (Wildman–Crippen MR) is 68.1 cm³/mol. The maximum atomic E-state index is 8.63. The summed E-state index contributed by atoms with van der Waals surface area (Å²) in [5.41, 5.74) is 1.16. The van der Waals surface area contributed by atoms with E-state index in [-0.39, 0.29) is 6.61 Å². The molecule has 1 unspecified atom stereocenters. The van der Waals surface area contributed by atoms with Gasteiger partial charge in [-0.25, -0.2) is 4.98 Å². The normalized spacial score (nSPS) is 12.4. The van der Waals surface area contributed by atoms with Crippen molar-refractivity contribution in [1.29, 1.82) is 0 Å². The number of aliphatic hydroxyl groups excluding tert-OH is 1. The molecule has 0 amide bonds. The van der Waals surface area contributed by atoms with Crippen LogP contribution in [0.25, 0.3) is 0 Å². The summed E-state index contributed by atoms with van der Waals surface area (Å²) in [4.78, 5) is 4.24. The number of hydrogen-bond donors (Lipinski definition) is 2. The van der Waals surface area contributed by atoms with Crippen LogP contribution in [0.1, 0.15) is 38.3 Å². The number of aliphatic hydroxyl groups is 1. The van der Waals surface area contributed by atoms with Crippen molar-refractivity contribution in [3.05, 3.63) is 23.9 Å². The molecule has 1 atom stereocenters. The number of nitrogens with one attached hydrogen (secondary N) is 1. The third kappa shape index (κ3) is 5.15. The van der Waals surface area contributed by atoms with E-state index in [0.29, 0.717) is 24.9 Å². The predicted octanol–water partition coefficient (Wildman–Crippen LogP) is 1.90. The summed E-state index contributed by atoms with van der Waals surface area (Å²) in [6.07, 6.45) is 3.60. The number of rotatable bonds is 8. The van der Waals surface area contributed by atoms with E-state index in [4.69, 9.17) is 9.84 Å². The van der Waals surface area contributed by atoms with E-state index in [0.717, 1.165) is 18.5 Å². The second kappa shape index (κ2) is 8.03. The molecule has 1 aromatic rings. The molecule has 0 saturated carbocycles. The molecule has 0 aromatic carbocycles. The first kappa shape index (κ1) is 13.9. The SMILES string of the molecule is CCCNC(C)c1ccc(OCCCO)nc1. The highest BCUT2D eigenvalue weighted by molar-refractivity contribution is 5.20. The highest BCUT2D eigenvalue weighted by Gasteiger charge is 2.04. The van der Waals surface area contributed by atoms with E-state index in [1.54, 1.807) is 0 Å². The van der Waals surface area contributed by atoms with Gasteiger partial charge in [0.25, 0.3) is 0 Å². The molecule has 1 aromatic heterocycles. The number of nitrogens with zero attached hydrogens (tertiary/aromatic N) is 1. The molecule has 0 saturated heterocycles. The van der Waals surface area contributed by atoms with E-state index in [1.165, 1.54) is 0 Å². The number of pyridine rings is 1. The van der Waals surface area contributed by atoms with Gasteiger partial charge < -0.3 is 15.2 Å². The molecule has 0 fully saturated rings. The van der Waals surface area contributed by atoms with Gasteiger partial charge in [0.2, 0.25) is 5.88 Å². The highest BCUT2D eigenvalue weighted by atomic mass is 16.5. The fourth-order valence-electron chi connectivity index (χ4n) is 1.45. The molecule has 1 rings (SSSR count). The average Bonchev–Trinajstić information content (AvgIpc) is 2.37. The van der Waals surface area contributed by atoms with Crippen LogP contribution in [0.2, 0.25) is 0 Å². The van der Waals surface area contributed by atoms with Gasteiger partial charge in [0.15, 0.2) is 0 Å². The minimum absolute atomic E-state index is 0.149. The van der Waals surface area contributed by atoms with Crippen molar-refractivity contribution in [3.63, 3.8) is 0 Å². The van der Waals surface area contributed by atoms with Crippen LogP contribution < -0.4 is 10.1 Å². The molecule has 0 bridgehead atoms. The van der Waals surface area contributed by atoms with Crippen molar-refractivity contribution in [3.8, 4) is 5.88 Å². The lowest BCUT2D eigenvalue weighted by Gasteiger charge is -2.13. The topological polar surface area (TPSA) is 54.4 Å². The Hall–Kier alpha value is -1.13. The molecule has 0 spiro atoms. The summed E-state index contributed by atoms with van der Waals surface area (Å²) in [7, 11) is 0. The van der Waals surface area contributed by atoms with Gasteiger partial charge in [0.1, 0.15) is 0 Å². The maximum Gasteiger partial charge on any atom is 0.213 e. The summed E-state index contributed by atoms with van der Waals surface area (Å²) in [5.74, 6) is 0.616. The quantitative estimate of drug-likeness (QED) is 0.679. The number of ether oxygens (including phenoxy) is 1. The zero-order valence-electron chi connectivity index (χ0n) is 10.6. The molecule has 0 radical (unpaired) electrons. The van der Waals surface area contributed by atoms with Gasteiger partial charge in [0, 0.05) is 31.3 Å². The van der Waals surface area contributed by atoms with E-state index in [2.05, 4.69) is 24.1 Å². The lowest BCUT2D eigenvalue weighted by Crippen LogP contribution is -2.19. The van der Waals surface area contributed by atoms with Crippen molar-refractivity contribution >= 4 is 0 Å². The minimum Gasteiger partial charge on any atom is -0.478 e. The van der Waals surface area contributed by atoms with Crippen molar-refractivity contribution < 1.29 is 9.84 Å². The van der Waals surface area contributed by atoms with Crippen LogP contribution in [0, 0.1) is 0 Å². The first-order chi connectivity index (χ1) is 8.27. The van der Waals surface area contributed by atoms with Crippen LogP contribution in [-0.4, -0.2) is 29.8 Å². The zero-order valence-corrected chi connectivity index (χ0v) is 10.6. The van der Waals surface area contributed by atoms with E-state index < -0.39 is 0 Å². The van der Waals surface area contributed by atoms with Crippen LogP contribution in [0.15, 0.2) is 18.3 Å². The first-order valence-corrected chi connectivity index (χ1v) is 6.21. The summed E-state index contributed by atoms with van der Waals surface area (Å²) < 4.78 is 5.37. The van der Waals surface area contributed by atoms with Crippen molar-refractivity contribution in [2.75, 3.05) is 19.8 Å². The molecule has 17 heavy (non-hydrogen) atoms. The van der Waals surface area contributed by atoms with Crippen LogP contribution in [0.3, 0.4) is 0 Å². The third-order valence-electron chi connectivity index (χ3n) is 2.51. The van der Waals surface area contributed by atoms with Crippen molar-refractivity contribution in [2.45, 2.75) is 32.7 Å². The minimum atomic E-state index is 0.149.